The van der Waals surface area contributed by atoms with Gasteiger partial charge in [0.05, 0.1) is 12.0 Å². The predicted molar refractivity (Wildman–Crippen MR) is 116 cm³/mol. The Morgan fingerprint density at radius 1 is 1.10 bits per heavy atom. The minimum Gasteiger partial charge on any atom is -0.507 e. The summed E-state index contributed by atoms with van der Waals surface area (Å²) in [6.45, 7) is 4.04. The van der Waals surface area contributed by atoms with Gasteiger partial charge in [-0.3, -0.25) is 10.1 Å². The van der Waals surface area contributed by atoms with Gasteiger partial charge < -0.3 is 19.3 Å². The molecule has 0 aliphatic heterocycles. The van der Waals surface area contributed by atoms with Gasteiger partial charge in [0.25, 0.3) is 5.69 Å². The van der Waals surface area contributed by atoms with E-state index < -0.39 is 4.92 Å². The fraction of sp³-hybridized carbons (Fsp3) is 0.304. The Morgan fingerprint density at radius 3 is 2.33 bits per heavy atom. The smallest absolute Gasteiger partial charge is 0.269 e. The van der Waals surface area contributed by atoms with E-state index in [0.717, 1.165) is 11.1 Å². The van der Waals surface area contributed by atoms with E-state index in [-0.39, 0.29) is 18.2 Å². The van der Waals surface area contributed by atoms with Crippen LogP contribution in [0.25, 0.3) is 6.08 Å². The highest BCUT2D eigenvalue weighted by molar-refractivity contribution is 5.59. The third kappa shape index (κ3) is 6.09. The minimum absolute atomic E-state index is 0.0435. The number of nitro benzene ring substituents is 1. The first-order valence-corrected chi connectivity index (χ1v) is 9.45. The van der Waals surface area contributed by atoms with Crippen LogP contribution >= 0.6 is 0 Å². The Hall–Kier alpha value is -3.32. The second kappa shape index (κ2) is 11.0. The number of phenolic OH excluding ortho intramolecular Hbond substituents is 1. The van der Waals surface area contributed by atoms with Crippen LogP contribution < -0.4 is 9.47 Å². The topological polar surface area (TPSA) is 91.1 Å². The number of methoxy groups -OCH3 is 2. The van der Waals surface area contributed by atoms with E-state index in [1.54, 1.807) is 18.2 Å². The highest BCUT2D eigenvalue weighted by atomic mass is 16.7. The molecule has 160 valence electrons. The average molecular weight is 413 g/mol. The van der Waals surface area contributed by atoms with Crippen LogP contribution in [0.15, 0.2) is 48.1 Å². The third-order valence-electron chi connectivity index (χ3n) is 4.43. The second-order valence-electron chi connectivity index (χ2n) is 6.87. The first kappa shape index (κ1) is 23.0. The van der Waals surface area contributed by atoms with Crippen LogP contribution in [-0.2, 0) is 17.6 Å². The van der Waals surface area contributed by atoms with E-state index in [4.69, 9.17) is 14.2 Å². The number of allylic oxidation sites excluding steroid dienone is 3. The van der Waals surface area contributed by atoms with Crippen LogP contribution in [0.5, 0.6) is 17.2 Å². The van der Waals surface area contributed by atoms with Crippen LogP contribution in [0, 0.1) is 10.1 Å². The van der Waals surface area contributed by atoms with Gasteiger partial charge in [-0.05, 0) is 44.4 Å². The number of hydrogen-bond acceptors (Lipinski definition) is 6. The average Bonchev–Trinajstić information content (AvgIpc) is 2.72. The summed E-state index contributed by atoms with van der Waals surface area (Å²) < 4.78 is 16.1. The quantitative estimate of drug-likeness (QED) is 0.253. The number of benzene rings is 2. The van der Waals surface area contributed by atoms with Crippen LogP contribution in [0.2, 0.25) is 0 Å². The van der Waals surface area contributed by atoms with Gasteiger partial charge in [-0.2, -0.15) is 0 Å². The van der Waals surface area contributed by atoms with Crippen LogP contribution in [-0.4, -0.2) is 31.0 Å². The number of rotatable bonds is 10. The maximum absolute atomic E-state index is 10.9. The fourth-order valence-electron chi connectivity index (χ4n) is 2.86. The fourth-order valence-corrected chi connectivity index (χ4v) is 2.86. The lowest BCUT2D eigenvalue weighted by molar-refractivity contribution is -0.384. The largest absolute Gasteiger partial charge is 0.507 e. The van der Waals surface area contributed by atoms with E-state index >= 15 is 0 Å². The van der Waals surface area contributed by atoms with Crippen molar-refractivity contribution in [2.45, 2.75) is 26.7 Å². The molecule has 0 aromatic heterocycles. The highest BCUT2D eigenvalue weighted by Crippen LogP contribution is 2.40. The molecule has 7 nitrogen and oxygen atoms in total. The van der Waals surface area contributed by atoms with E-state index in [2.05, 4.69) is 0 Å². The molecule has 1 N–H and O–H groups in total. The van der Waals surface area contributed by atoms with Crippen LogP contribution in [0.3, 0.4) is 0 Å². The molecule has 0 saturated carbocycles. The molecule has 0 saturated heterocycles. The van der Waals surface area contributed by atoms with Gasteiger partial charge in [-0.1, -0.05) is 23.8 Å². The maximum atomic E-state index is 10.9. The van der Waals surface area contributed by atoms with Gasteiger partial charge in [-0.25, -0.2) is 0 Å². The van der Waals surface area contributed by atoms with Crippen molar-refractivity contribution in [1.82, 2.24) is 0 Å². The zero-order chi connectivity index (χ0) is 22.1. The Kier molecular flexibility index (Phi) is 8.43. The molecular formula is C23H27NO6. The first-order valence-electron chi connectivity index (χ1n) is 9.45. The van der Waals surface area contributed by atoms with Gasteiger partial charge in [0, 0.05) is 36.4 Å². The first-order chi connectivity index (χ1) is 14.4. The standard InChI is InChI=1S/C23H27NO6/c1-16(2)8-13-20-22(30-15-28-3)14-21(29-4)19(23(20)25)7-5-6-17-9-11-18(12-10-17)24(26)27/h5-6,8-12,14,25H,7,13,15H2,1-4H3/b6-5+. The molecule has 0 aliphatic carbocycles. The zero-order valence-electron chi connectivity index (χ0n) is 17.7. The predicted octanol–water partition coefficient (Wildman–Crippen LogP) is 5.06. The van der Waals surface area contributed by atoms with Crippen molar-refractivity contribution >= 4 is 11.8 Å². The Balaban J connectivity index is 2.33. The normalized spacial score (nSPS) is 10.8. The Labute approximate surface area is 176 Å². The number of ether oxygens (including phenoxy) is 3. The number of phenols is 1. The van der Waals surface area contributed by atoms with Gasteiger partial charge in [-0.15, -0.1) is 0 Å². The lowest BCUT2D eigenvalue weighted by Crippen LogP contribution is -2.04. The number of aromatic hydroxyl groups is 1. The number of nitrogens with zero attached hydrogens (tertiary/aromatic N) is 1. The second-order valence-corrected chi connectivity index (χ2v) is 6.87. The molecule has 30 heavy (non-hydrogen) atoms. The summed E-state index contributed by atoms with van der Waals surface area (Å²) in [5.41, 5.74) is 3.29. The third-order valence-corrected chi connectivity index (χ3v) is 4.43. The Bertz CT molecular complexity index is 928. The van der Waals surface area contributed by atoms with E-state index in [1.165, 1.54) is 26.4 Å². The number of nitro groups is 1. The molecule has 0 unspecified atom stereocenters. The molecule has 0 fully saturated rings. The van der Waals surface area contributed by atoms with Gasteiger partial charge in [0.2, 0.25) is 0 Å². The van der Waals surface area contributed by atoms with Crippen molar-refractivity contribution in [2.75, 3.05) is 21.0 Å². The molecule has 0 heterocycles. The molecule has 2 rings (SSSR count). The van der Waals surface area contributed by atoms with Gasteiger partial charge in [0.15, 0.2) is 6.79 Å². The van der Waals surface area contributed by atoms with Crippen molar-refractivity contribution in [1.29, 1.82) is 0 Å². The monoisotopic (exact) mass is 413 g/mol. The summed E-state index contributed by atoms with van der Waals surface area (Å²) >= 11 is 0. The minimum atomic E-state index is -0.433. The van der Waals surface area contributed by atoms with Crippen molar-refractivity contribution in [2.24, 2.45) is 0 Å². The molecular weight excluding hydrogens is 386 g/mol. The molecule has 0 radical (unpaired) electrons. The van der Waals surface area contributed by atoms with E-state index in [1.807, 2.05) is 32.1 Å². The lowest BCUT2D eigenvalue weighted by Gasteiger charge is -2.17. The van der Waals surface area contributed by atoms with Crippen molar-refractivity contribution in [3.63, 3.8) is 0 Å². The van der Waals surface area contributed by atoms with Crippen LogP contribution in [0.4, 0.5) is 5.69 Å². The summed E-state index contributed by atoms with van der Waals surface area (Å²) in [7, 11) is 3.07. The molecule has 0 atom stereocenters. The summed E-state index contributed by atoms with van der Waals surface area (Å²) in [4.78, 5) is 10.3. The number of non-ortho nitro benzene ring substituents is 1. The highest BCUT2D eigenvalue weighted by Gasteiger charge is 2.18. The molecule has 7 heteroatoms. The van der Waals surface area contributed by atoms with Crippen molar-refractivity contribution in [3.8, 4) is 17.2 Å². The van der Waals surface area contributed by atoms with Crippen LogP contribution in [0.1, 0.15) is 30.5 Å². The van der Waals surface area contributed by atoms with Crippen molar-refractivity contribution in [3.05, 3.63) is 74.9 Å². The van der Waals surface area contributed by atoms with E-state index in [9.17, 15) is 15.2 Å². The molecule has 2 aromatic rings. The number of hydrogen-bond donors (Lipinski definition) is 1. The van der Waals surface area contributed by atoms with Gasteiger partial charge >= 0.3 is 0 Å². The maximum Gasteiger partial charge on any atom is 0.269 e. The molecule has 0 aliphatic rings. The SMILES string of the molecule is COCOc1cc(OC)c(C/C=C/c2ccc([N+](=O)[O-])cc2)c(O)c1CC=C(C)C. The zero-order valence-corrected chi connectivity index (χ0v) is 17.7. The molecule has 0 amide bonds. The summed E-state index contributed by atoms with van der Waals surface area (Å²) in [5, 5.41) is 21.7. The van der Waals surface area contributed by atoms with E-state index in [0.29, 0.717) is 35.5 Å². The summed E-state index contributed by atoms with van der Waals surface area (Å²) in [6.07, 6.45) is 6.65. The molecule has 2 aromatic carbocycles. The molecule has 0 bridgehead atoms. The van der Waals surface area contributed by atoms with Crippen molar-refractivity contribution < 1.29 is 24.2 Å². The molecule has 0 spiro atoms. The lowest BCUT2D eigenvalue weighted by atomic mass is 10.00. The Morgan fingerprint density at radius 2 is 1.77 bits per heavy atom. The summed E-state index contributed by atoms with van der Waals surface area (Å²) in [5.74, 6) is 1.13. The van der Waals surface area contributed by atoms with Gasteiger partial charge in [0.1, 0.15) is 17.2 Å². The summed E-state index contributed by atoms with van der Waals surface area (Å²) in [6, 6.07) is 8.01.